The van der Waals surface area contributed by atoms with E-state index in [1.54, 1.807) is 31.3 Å². The van der Waals surface area contributed by atoms with Gasteiger partial charge in [0.25, 0.3) is 0 Å². The molecule has 0 radical (unpaired) electrons. The highest BCUT2D eigenvalue weighted by molar-refractivity contribution is 5.79. The number of nitrogens with zero attached hydrogens (tertiary/aromatic N) is 5. The molecule has 0 saturated carbocycles. The van der Waals surface area contributed by atoms with Gasteiger partial charge in [-0.1, -0.05) is 12.1 Å². The van der Waals surface area contributed by atoms with E-state index in [-0.39, 0.29) is 17.5 Å². The van der Waals surface area contributed by atoms with Crippen LogP contribution in [0.5, 0.6) is 0 Å². The number of hydrogen-bond donors (Lipinski definition) is 2. The molecule has 1 aromatic heterocycles. The van der Waals surface area contributed by atoms with E-state index in [0.29, 0.717) is 48.8 Å². The molecule has 32 heavy (non-hydrogen) atoms. The summed E-state index contributed by atoms with van der Waals surface area (Å²) in [5.41, 5.74) is 8.58. The number of aliphatic imine (C=N–C) groups is 1. The summed E-state index contributed by atoms with van der Waals surface area (Å²) in [6.07, 6.45) is 1.23. The maximum atomic E-state index is 13.2. The number of benzene rings is 2. The first kappa shape index (κ1) is 22.7. The fraction of sp³-hybridized carbons (Fsp3) is 0.261. The molecule has 1 heterocycles. The van der Waals surface area contributed by atoms with Crippen LogP contribution in [-0.2, 0) is 13.0 Å². The standard InChI is InChI=1S/C23H25F2N7/c1-28-23(31(2)15-16-5-7-17(24)8-6-16)29-13-3-4-21-20(14-26)22(27)32(30-21)19-11-9-18(25)10-12-19/h5-12H,3-4,13,15,27H2,1-2H3,(H,28,29). The minimum atomic E-state index is -0.357. The van der Waals surface area contributed by atoms with Crippen molar-refractivity contribution >= 4 is 11.8 Å². The zero-order valence-electron chi connectivity index (χ0n) is 18.0. The number of halogens is 2. The maximum absolute atomic E-state index is 13.2. The number of aryl methyl sites for hydroxylation is 1. The third-order valence-electron chi connectivity index (χ3n) is 4.96. The van der Waals surface area contributed by atoms with Crippen LogP contribution in [0.2, 0.25) is 0 Å². The van der Waals surface area contributed by atoms with Crippen molar-refractivity contribution in [3.8, 4) is 11.8 Å². The Morgan fingerprint density at radius 2 is 1.78 bits per heavy atom. The largest absolute Gasteiger partial charge is 0.382 e. The van der Waals surface area contributed by atoms with E-state index in [4.69, 9.17) is 5.73 Å². The van der Waals surface area contributed by atoms with Crippen LogP contribution in [0.3, 0.4) is 0 Å². The predicted octanol–water partition coefficient (Wildman–Crippen LogP) is 3.24. The lowest BCUT2D eigenvalue weighted by Gasteiger charge is -2.22. The van der Waals surface area contributed by atoms with Crippen molar-refractivity contribution in [1.29, 1.82) is 5.26 Å². The van der Waals surface area contributed by atoms with Crippen LogP contribution < -0.4 is 11.1 Å². The third kappa shape index (κ3) is 5.40. The van der Waals surface area contributed by atoms with Gasteiger partial charge in [-0.3, -0.25) is 4.99 Å². The normalized spacial score (nSPS) is 11.3. The highest BCUT2D eigenvalue weighted by Gasteiger charge is 2.16. The summed E-state index contributed by atoms with van der Waals surface area (Å²) in [4.78, 5) is 6.22. The van der Waals surface area contributed by atoms with Crippen LogP contribution >= 0.6 is 0 Å². The SMILES string of the molecule is CN=C(NCCCc1nn(-c2ccc(F)cc2)c(N)c1C#N)N(C)Cc1ccc(F)cc1. The Kier molecular flexibility index (Phi) is 7.39. The Morgan fingerprint density at radius 1 is 1.16 bits per heavy atom. The first-order chi connectivity index (χ1) is 15.4. The molecule has 3 rings (SSSR count). The lowest BCUT2D eigenvalue weighted by atomic mass is 10.1. The molecule has 0 atom stereocenters. The molecule has 3 aromatic rings. The van der Waals surface area contributed by atoms with Gasteiger partial charge < -0.3 is 16.0 Å². The second kappa shape index (κ2) is 10.4. The lowest BCUT2D eigenvalue weighted by molar-refractivity contribution is 0.475. The van der Waals surface area contributed by atoms with Gasteiger partial charge in [-0.05, 0) is 54.8 Å². The van der Waals surface area contributed by atoms with Gasteiger partial charge in [0.1, 0.15) is 29.1 Å². The summed E-state index contributed by atoms with van der Waals surface area (Å²) in [5, 5.41) is 17.3. The number of hydrogen-bond acceptors (Lipinski definition) is 4. The summed E-state index contributed by atoms with van der Waals surface area (Å²) >= 11 is 0. The van der Waals surface area contributed by atoms with E-state index in [1.165, 1.54) is 28.9 Å². The van der Waals surface area contributed by atoms with E-state index in [2.05, 4.69) is 21.5 Å². The zero-order chi connectivity index (χ0) is 23.1. The van der Waals surface area contributed by atoms with Crippen LogP contribution in [0, 0.1) is 23.0 Å². The van der Waals surface area contributed by atoms with Crippen LogP contribution in [0.15, 0.2) is 53.5 Å². The predicted molar refractivity (Wildman–Crippen MR) is 120 cm³/mol. The van der Waals surface area contributed by atoms with Crippen LogP contribution in [0.1, 0.15) is 23.2 Å². The Morgan fingerprint density at radius 3 is 2.38 bits per heavy atom. The van der Waals surface area contributed by atoms with Crippen molar-refractivity contribution in [2.45, 2.75) is 19.4 Å². The number of nitriles is 1. The van der Waals surface area contributed by atoms with Gasteiger partial charge >= 0.3 is 0 Å². The van der Waals surface area contributed by atoms with Gasteiger partial charge in [0.2, 0.25) is 0 Å². The quantitative estimate of drug-likeness (QED) is 0.336. The van der Waals surface area contributed by atoms with Crippen molar-refractivity contribution < 1.29 is 8.78 Å². The van der Waals surface area contributed by atoms with Crippen molar-refractivity contribution in [3.63, 3.8) is 0 Å². The summed E-state index contributed by atoms with van der Waals surface area (Å²) in [7, 11) is 3.60. The Labute approximate surface area is 185 Å². The number of nitrogen functional groups attached to an aromatic ring is 1. The summed E-state index contributed by atoms with van der Waals surface area (Å²) in [5.74, 6) is 0.310. The number of aromatic nitrogens is 2. The van der Waals surface area contributed by atoms with Crippen molar-refractivity contribution in [2.24, 2.45) is 4.99 Å². The average molecular weight is 437 g/mol. The molecule has 0 unspecified atom stereocenters. The fourth-order valence-electron chi connectivity index (χ4n) is 3.33. The molecule has 0 aliphatic rings. The van der Waals surface area contributed by atoms with E-state index in [1.807, 2.05) is 11.9 Å². The van der Waals surface area contributed by atoms with E-state index in [9.17, 15) is 14.0 Å². The summed E-state index contributed by atoms with van der Waals surface area (Å²) in [6.45, 7) is 1.19. The molecule has 0 amide bonds. The van der Waals surface area contributed by atoms with Gasteiger partial charge in [-0.25, -0.2) is 13.5 Å². The second-order valence-electron chi connectivity index (χ2n) is 7.27. The molecule has 7 nitrogen and oxygen atoms in total. The third-order valence-corrected chi connectivity index (χ3v) is 4.96. The zero-order valence-corrected chi connectivity index (χ0v) is 18.0. The number of anilines is 1. The molecule has 0 spiro atoms. The van der Waals surface area contributed by atoms with Crippen molar-refractivity contribution in [1.82, 2.24) is 20.0 Å². The van der Waals surface area contributed by atoms with Crippen molar-refractivity contribution in [2.75, 3.05) is 26.4 Å². The monoisotopic (exact) mass is 437 g/mol. The topological polar surface area (TPSA) is 95.3 Å². The Balaban J connectivity index is 1.58. The molecule has 166 valence electrons. The molecular formula is C23H25F2N7. The summed E-state index contributed by atoms with van der Waals surface area (Å²) in [6, 6.07) is 14.2. The molecule has 0 aliphatic heterocycles. The van der Waals surface area contributed by atoms with Crippen LogP contribution in [0.4, 0.5) is 14.6 Å². The molecule has 0 saturated heterocycles. The van der Waals surface area contributed by atoms with E-state index < -0.39 is 0 Å². The number of nitrogens with two attached hydrogens (primary N) is 1. The molecule has 0 bridgehead atoms. The Bertz CT molecular complexity index is 1110. The van der Waals surface area contributed by atoms with E-state index >= 15 is 0 Å². The maximum Gasteiger partial charge on any atom is 0.193 e. The second-order valence-corrected chi connectivity index (χ2v) is 7.27. The first-order valence-corrected chi connectivity index (χ1v) is 10.1. The van der Waals surface area contributed by atoms with Gasteiger partial charge in [-0.15, -0.1) is 0 Å². The van der Waals surface area contributed by atoms with E-state index in [0.717, 1.165) is 5.56 Å². The molecule has 0 aliphatic carbocycles. The smallest absolute Gasteiger partial charge is 0.193 e. The van der Waals surface area contributed by atoms with Crippen molar-refractivity contribution in [3.05, 3.63) is 77.0 Å². The lowest BCUT2D eigenvalue weighted by Crippen LogP contribution is -2.39. The molecular weight excluding hydrogens is 412 g/mol. The highest BCUT2D eigenvalue weighted by Crippen LogP contribution is 2.21. The van der Waals surface area contributed by atoms with Gasteiger partial charge in [0.05, 0.1) is 11.4 Å². The van der Waals surface area contributed by atoms with Gasteiger partial charge in [0.15, 0.2) is 5.96 Å². The number of guanidine groups is 1. The Hall–Kier alpha value is -3.93. The van der Waals surface area contributed by atoms with Crippen LogP contribution in [0.25, 0.3) is 5.69 Å². The first-order valence-electron chi connectivity index (χ1n) is 10.1. The number of rotatable bonds is 7. The molecule has 2 aromatic carbocycles. The highest BCUT2D eigenvalue weighted by atomic mass is 19.1. The minimum absolute atomic E-state index is 0.233. The van der Waals surface area contributed by atoms with Crippen LogP contribution in [-0.4, -0.2) is 41.3 Å². The van der Waals surface area contributed by atoms with Gasteiger partial charge in [-0.2, -0.15) is 10.4 Å². The number of nitrogens with one attached hydrogen (secondary N) is 1. The average Bonchev–Trinajstić information content (AvgIpc) is 3.11. The molecule has 9 heteroatoms. The van der Waals surface area contributed by atoms with Gasteiger partial charge in [0, 0.05) is 27.2 Å². The minimum Gasteiger partial charge on any atom is -0.382 e. The molecule has 0 fully saturated rings. The fourth-order valence-corrected chi connectivity index (χ4v) is 3.33. The summed E-state index contributed by atoms with van der Waals surface area (Å²) < 4.78 is 27.7. The molecule has 3 N–H and O–H groups in total.